The van der Waals surface area contributed by atoms with Gasteiger partial charge in [0, 0.05) is 0 Å². The van der Waals surface area contributed by atoms with E-state index < -0.39 is 0 Å². The van der Waals surface area contributed by atoms with Crippen LogP contribution in [-0.4, -0.2) is 11.2 Å². The van der Waals surface area contributed by atoms with Crippen LogP contribution in [0.4, 0.5) is 0 Å². The van der Waals surface area contributed by atoms with E-state index in [1.54, 1.807) is 0 Å². The van der Waals surface area contributed by atoms with Crippen molar-refractivity contribution in [2.75, 3.05) is 0 Å². The molecule has 1 atom stereocenters. The molecular formula is C7H15O. The lowest BCUT2D eigenvalue weighted by atomic mass is 10.0. The Hall–Kier alpha value is -0.0400. The van der Waals surface area contributed by atoms with Gasteiger partial charge < -0.3 is 5.11 Å². The summed E-state index contributed by atoms with van der Waals surface area (Å²) >= 11 is 0. The molecule has 0 heterocycles. The molecule has 1 heteroatoms. The SMILES string of the molecule is [CH2]CC(O)CC(C)C. The molecule has 0 rings (SSSR count). The number of aliphatic hydroxyl groups is 1. The van der Waals surface area contributed by atoms with Crippen molar-refractivity contribution in [1.82, 2.24) is 0 Å². The van der Waals surface area contributed by atoms with E-state index in [1.807, 2.05) is 0 Å². The first-order valence-corrected chi connectivity index (χ1v) is 3.14. The number of hydrogen-bond acceptors (Lipinski definition) is 1. The maximum absolute atomic E-state index is 8.97. The minimum atomic E-state index is -0.185. The van der Waals surface area contributed by atoms with E-state index in [-0.39, 0.29) is 6.10 Å². The van der Waals surface area contributed by atoms with E-state index in [0.29, 0.717) is 12.3 Å². The Balaban J connectivity index is 3.10. The molecule has 0 saturated heterocycles. The molecule has 0 aromatic heterocycles. The van der Waals surface area contributed by atoms with Gasteiger partial charge in [-0.25, -0.2) is 0 Å². The fourth-order valence-electron chi connectivity index (χ4n) is 0.662. The molecule has 49 valence electrons. The van der Waals surface area contributed by atoms with E-state index in [4.69, 9.17) is 5.11 Å². The lowest BCUT2D eigenvalue weighted by Crippen LogP contribution is -2.07. The molecule has 8 heavy (non-hydrogen) atoms. The largest absolute Gasteiger partial charge is 0.393 e. The highest BCUT2D eigenvalue weighted by molar-refractivity contribution is 4.58. The molecule has 0 fully saturated rings. The summed E-state index contributed by atoms with van der Waals surface area (Å²) in [5, 5.41) is 8.97. The summed E-state index contributed by atoms with van der Waals surface area (Å²) in [4.78, 5) is 0. The molecule has 1 unspecified atom stereocenters. The summed E-state index contributed by atoms with van der Waals surface area (Å²) in [5.41, 5.74) is 0. The Morgan fingerprint density at radius 3 is 2.12 bits per heavy atom. The van der Waals surface area contributed by atoms with Crippen LogP contribution in [0.3, 0.4) is 0 Å². The summed E-state index contributed by atoms with van der Waals surface area (Å²) in [7, 11) is 0. The molecule has 0 amide bonds. The van der Waals surface area contributed by atoms with Crippen LogP contribution in [0.25, 0.3) is 0 Å². The van der Waals surface area contributed by atoms with Crippen molar-refractivity contribution in [2.45, 2.75) is 32.8 Å². The molecular weight excluding hydrogens is 100 g/mol. The van der Waals surface area contributed by atoms with Gasteiger partial charge in [-0.15, -0.1) is 0 Å². The number of hydrogen-bond donors (Lipinski definition) is 1. The summed E-state index contributed by atoms with van der Waals surface area (Å²) in [5.74, 6) is 0.590. The predicted molar refractivity (Wildman–Crippen MR) is 35.4 cm³/mol. The molecule has 0 aromatic rings. The molecule has 0 aliphatic heterocycles. The van der Waals surface area contributed by atoms with Crippen molar-refractivity contribution in [3.8, 4) is 0 Å². The molecule has 0 spiro atoms. The van der Waals surface area contributed by atoms with E-state index in [2.05, 4.69) is 20.8 Å². The average Bonchev–Trinajstić information content (AvgIpc) is 1.65. The third-order valence-corrected chi connectivity index (χ3v) is 1.08. The first-order chi connectivity index (χ1) is 3.66. The third kappa shape index (κ3) is 4.13. The Bertz CT molecular complexity index is 50.3. The maximum Gasteiger partial charge on any atom is 0.0542 e. The van der Waals surface area contributed by atoms with E-state index >= 15 is 0 Å². The Morgan fingerprint density at radius 1 is 1.50 bits per heavy atom. The molecule has 1 radical (unpaired) electrons. The van der Waals surface area contributed by atoms with Crippen molar-refractivity contribution in [3.05, 3.63) is 6.92 Å². The highest BCUT2D eigenvalue weighted by atomic mass is 16.3. The van der Waals surface area contributed by atoms with Gasteiger partial charge in [-0.2, -0.15) is 0 Å². The highest BCUT2D eigenvalue weighted by Gasteiger charge is 2.01. The minimum absolute atomic E-state index is 0.185. The van der Waals surface area contributed by atoms with Crippen LogP contribution in [0.2, 0.25) is 0 Å². The van der Waals surface area contributed by atoms with Crippen molar-refractivity contribution in [2.24, 2.45) is 5.92 Å². The Labute approximate surface area is 51.7 Å². The van der Waals surface area contributed by atoms with Crippen LogP contribution in [0.1, 0.15) is 26.7 Å². The highest BCUT2D eigenvalue weighted by Crippen LogP contribution is 2.05. The van der Waals surface area contributed by atoms with Crippen LogP contribution < -0.4 is 0 Å². The molecule has 0 saturated carbocycles. The van der Waals surface area contributed by atoms with Gasteiger partial charge in [0.15, 0.2) is 0 Å². The smallest absolute Gasteiger partial charge is 0.0542 e. The van der Waals surface area contributed by atoms with E-state index in [1.165, 1.54) is 0 Å². The predicted octanol–water partition coefficient (Wildman–Crippen LogP) is 1.62. The van der Waals surface area contributed by atoms with Gasteiger partial charge in [-0.3, -0.25) is 0 Å². The zero-order valence-electron chi connectivity index (χ0n) is 5.72. The van der Waals surface area contributed by atoms with Gasteiger partial charge in [-0.05, 0) is 18.8 Å². The second-order valence-corrected chi connectivity index (χ2v) is 2.57. The van der Waals surface area contributed by atoms with Crippen molar-refractivity contribution in [3.63, 3.8) is 0 Å². The monoisotopic (exact) mass is 115 g/mol. The standard InChI is InChI=1S/C7H15O/c1-4-7(8)5-6(2)3/h6-8H,1,4-5H2,2-3H3. The van der Waals surface area contributed by atoms with E-state index in [9.17, 15) is 0 Å². The van der Waals surface area contributed by atoms with Crippen molar-refractivity contribution < 1.29 is 5.11 Å². The molecule has 0 aliphatic rings. The normalized spacial score (nSPS) is 14.6. The fourth-order valence-corrected chi connectivity index (χ4v) is 0.662. The van der Waals surface area contributed by atoms with Gasteiger partial charge in [0.25, 0.3) is 0 Å². The molecule has 1 nitrogen and oxygen atoms in total. The third-order valence-electron chi connectivity index (χ3n) is 1.08. The van der Waals surface area contributed by atoms with Crippen LogP contribution >= 0.6 is 0 Å². The summed E-state index contributed by atoms with van der Waals surface area (Å²) in [6, 6.07) is 0. The molecule has 0 aromatic carbocycles. The Morgan fingerprint density at radius 2 is 2.00 bits per heavy atom. The zero-order chi connectivity index (χ0) is 6.57. The lowest BCUT2D eigenvalue weighted by molar-refractivity contribution is 0.151. The lowest BCUT2D eigenvalue weighted by Gasteiger charge is -2.08. The van der Waals surface area contributed by atoms with Crippen molar-refractivity contribution >= 4 is 0 Å². The van der Waals surface area contributed by atoms with Crippen LogP contribution in [-0.2, 0) is 0 Å². The average molecular weight is 115 g/mol. The van der Waals surface area contributed by atoms with Crippen LogP contribution in [0.15, 0.2) is 0 Å². The zero-order valence-corrected chi connectivity index (χ0v) is 5.72. The Kier molecular flexibility index (Phi) is 3.88. The molecule has 1 N–H and O–H groups in total. The quantitative estimate of drug-likeness (QED) is 0.592. The molecule has 0 bridgehead atoms. The van der Waals surface area contributed by atoms with E-state index in [0.717, 1.165) is 6.42 Å². The summed E-state index contributed by atoms with van der Waals surface area (Å²) in [6.45, 7) is 7.78. The second-order valence-electron chi connectivity index (χ2n) is 2.57. The van der Waals surface area contributed by atoms with Crippen LogP contribution in [0, 0.1) is 12.8 Å². The maximum atomic E-state index is 8.97. The van der Waals surface area contributed by atoms with Gasteiger partial charge in [-0.1, -0.05) is 20.8 Å². The van der Waals surface area contributed by atoms with Crippen LogP contribution in [0.5, 0.6) is 0 Å². The van der Waals surface area contributed by atoms with Gasteiger partial charge >= 0.3 is 0 Å². The second kappa shape index (κ2) is 3.90. The molecule has 0 aliphatic carbocycles. The van der Waals surface area contributed by atoms with Crippen molar-refractivity contribution in [1.29, 1.82) is 0 Å². The van der Waals surface area contributed by atoms with Gasteiger partial charge in [0.05, 0.1) is 6.10 Å². The first kappa shape index (κ1) is 7.96. The van der Waals surface area contributed by atoms with Gasteiger partial charge in [0.1, 0.15) is 0 Å². The number of rotatable bonds is 3. The topological polar surface area (TPSA) is 20.2 Å². The minimum Gasteiger partial charge on any atom is -0.393 e. The summed E-state index contributed by atoms with van der Waals surface area (Å²) in [6.07, 6.45) is 1.33. The summed E-state index contributed by atoms with van der Waals surface area (Å²) < 4.78 is 0. The fraction of sp³-hybridized carbons (Fsp3) is 0.857. The first-order valence-electron chi connectivity index (χ1n) is 3.14. The van der Waals surface area contributed by atoms with Gasteiger partial charge in [0.2, 0.25) is 0 Å². The number of aliphatic hydroxyl groups excluding tert-OH is 1.